The molecule has 0 saturated carbocycles. The summed E-state index contributed by atoms with van der Waals surface area (Å²) in [5.74, 6) is 0.424. The number of pyridine rings is 1. The van der Waals surface area contributed by atoms with E-state index in [9.17, 15) is 8.78 Å². The maximum Gasteiger partial charge on any atom is 0.213 e. The van der Waals surface area contributed by atoms with Gasteiger partial charge >= 0.3 is 0 Å². The first-order chi connectivity index (χ1) is 11.7. The predicted molar refractivity (Wildman–Crippen MR) is 96.8 cm³/mol. The van der Waals surface area contributed by atoms with Crippen LogP contribution in [0.25, 0.3) is 21.7 Å². The van der Waals surface area contributed by atoms with Crippen molar-refractivity contribution in [2.24, 2.45) is 0 Å². The van der Waals surface area contributed by atoms with Crippen molar-refractivity contribution >= 4 is 21.7 Å². The van der Waals surface area contributed by atoms with Gasteiger partial charge in [-0.3, -0.25) is 0 Å². The molecule has 130 valence electrons. The number of methoxy groups -OCH3 is 1. The average Bonchev–Trinajstić information content (AvgIpc) is 2.64. The maximum atomic E-state index is 13.5. The number of nitrogens with zero attached hydrogens (tertiary/aromatic N) is 1. The molecule has 3 rings (SSSR count). The number of alkyl halides is 1. The Morgan fingerprint density at radius 3 is 2.29 bits per heavy atom. The number of hydrogen-bond donors (Lipinski definition) is 0. The molecule has 0 atom stereocenters. The van der Waals surface area contributed by atoms with E-state index in [-0.39, 0.29) is 12.4 Å². The van der Waals surface area contributed by atoms with E-state index in [1.54, 1.807) is 17.7 Å². The van der Waals surface area contributed by atoms with Crippen molar-refractivity contribution in [2.45, 2.75) is 34.2 Å². The van der Waals surface area contributed by atoms with Gasteiger partial charge in [0.2, 0.25) is 5.52 Å². The Labute approximate surface area is 142 Å². The first-order valence-electron chi connectivity index (χ1n) is 8.38. The molecule has 0 aliphatic rings. The monoisotopic (exact) mass is 334 g/mol. The van der Waals surface area contributed by atoms with E-state index in [1.165, 1.54) is 12.1 Å². The summed E-state index contributed by atoms with van der Waals surface area (Å²) >= 11 is 0. The van der Waals surface area contributed by atoms with Gasteiger partial charge in [0.05, 0.1) is 17.9 Å². The first-order valence-corrected chi connectivity index (χ1v) is 8.38. The Kier molecular flexibility index (Phi) is 8.10. The molecule has 2 nitrogen and oxygen atoms in total. The van der Waals surface area contributed by atoms with Gasteiger partial charge in [-0.05, 0) is 30.3 Å². The van der Waals surface area contributed by atoms with Gasteiger partial charge in [-0.15, -0.1) is 0 Å². The molecule has 1 aromatic heterocycles. The number of rotatable bonds is 3. The Morgan fingerprint density at radius 1 is 0.958 bits per heavy atom. The summed E-state index contributed by atoms with van der Waals surface area (Å²) in [5.41, 5.74) is 0.821. The molecule has 0 spiro atoms. The number of aromatic nitrogens is 1. The molecule has 0 fully saturated rings. The molecule has 24 heavy (non-hydrogen) atoms. The van der Waals surface area contributed by atoms with E-state index in [4.69, 9.17) is 4.74 Å². The predicted octanol–water partition coefficient (Wildman–Crippen LogP) is 5.45. The second kappa shape index (κ2) is 9.81. The minimum Gasteiger partial charge on any atom is -0.497 e. The highest BCUT2D eigenvalue weighted by Crippen LogP contribution is 2.26. The third-order valence-corrected chi connectivity index (χ3v) is 3.44. The van der Waals surface area contributed by atoms with Crippen molar-refractivity contribution in [3.63, 3.8) is 0 Å². The Balaban J connectivity index is 0.000000671. The third kappa shape index (κ3) is 4.19. The van der Waals surface area contributed by atoms with Crippen molar-refractivity contribution in [2.75, 3.05) is 13.8 Å². The third-order valence-electron chi connectivity index (χ3n) is 3.44. The minimum absolute atomic E-state index is 0.245. The van der Waals surface area contributed by atoms with Crippen molar-refractivity contribution in [1.29, 1.82) is 0 Å². The molecule has 0 aliphatic heterocycles. The van der Waals surface area contributed by atoms with Crippen LogP contribution in [0.1, 0.15) is 27.7 Å². The summed E-state index contributed by atoms with van der Waals surface area (Å²) in [6.07, 6.45) is 1.87. The molecule has 0 unspecified atom stereocenters. The van der Waals surface area contributed by atoms with Crippen LogP contribution in [0.3, 0.4) is 0 Å². The van der Waals surface area contributed by atoms with E-state index in [0.29, 0.717) is 0 Å². The van der Waals surface area contributed by atoms with Gasteiger partial charge in [-0.2, -0.15) is 4.57 Å². The molecular weight excluding hydrogens is 308 g/mol. The molecule has 0 radical (unpaired) electrons. The number of fused-ring (bicyclic) bond motifs is 3. The number of aryl methyl sites for hydroxylation is 1. The molecule has 0 aliphatic carbocycles. The quantitative estimate of drug-likeness (QED) is 0.458. The minimum atomic E-state index is -0.466. The van der Waals surface area contributed by atoms with Crippen LogP contribution in [0, 0.1) is 5.82 Å². The highest BCUT2D eigenvalue weighted by atomic mass is 19.1. The SMILES string of the molecule is CC.CC.COc1ccc2c(c1)c[n+](CCF)c1ccc(F)cc21. The van der Waals surface area contributed by atoms with Gasteiger partial charge in [0, 0.05) is 11.5 Å². The lowest BCUT2D eigenvalue weighted by atomic mass is 10.1. The number of benzene rings is 2. The fraction of sp³-hybridized carbons (Fsp3) is 0.350. The molecule has 0 N–H and O–H groups in total. The smallest absolute Gasteiger partial charge is 0.213 e. The fourth-order valence-electron chi connectivity index (χ4n) is 2.51. The summed E-state index contributed by atoms with van der Waals surface area (Å²) in [6.45, 7) is 7.78. The van der Waals surface area contributed by atoms with Gasteiger partial charge in [-0.25, -0.2) is 8.78 Å². The first kappa shape index (κ1) is 19.8. The van der Waals surface area contributed by atoms with E-state index in [1.807, 2.05) is 52.1 Å². The van der Waals surface area contributed by atoms with Crippen LogP contribution in [-0.4, -0.2) is 13.8 Å². The van der Waals surface area contributed by atoms with E-state index >= 15 is 0 Å². The molecule has 0 bridgehead atoms. The van der Waals surface area contributed by atoms with Crippen molar-refractivity contribution in [3.8, 4) is 5.75 Å². The fourth-order valence-corrected chi connectivity index (χ4v) is 2.51. The van der Waals surface area contributed by atoms with Gasteiger partial charge in [-0.1, -0.05) is 27.7 Å². The topological polar surface area (TPSA) is 13.1 Å². The van der Waals surface area contributed by atoms with Gasteiger partial charge in [0.25, 0.3) is 0 Å². The second-order valence-corrected chi connectivity index (χ2v) is 4.63. The number of hydrogen-bond acceptors (Lipinski definition) is 1. The summed E-state index contributed by atoms with van der Waals surface area (Å²) in [4.78, 5) is 0. The highest BCUT2D eigenvalue weighted by molar-refractivity contribution is 6.04. The molecule has 1 heterocycles. The molecule has 2 aromatic carbocycles. The lowest BCUT2D eigenvalue weighted by molar-refractivity contribution is -0.670. The Bertz CT molecular complexity index is 787. The normalized spacial score (nSPS) is 9.79. The second-order valence-electron chi connectivity index (χ2n) is 4.63. The Morgan fingerprint density at radius 2 is 1.67 bits per heavy atom. The van der Waals surface area contributed by atoms with Crippen LogP contribution in [0.5, 0.6) is 5.75 Å². The Hall–Kier alpha value is -2.23. The number of ether oxygens (including phenoxy) is 1. The standard InChI is InChI=1S/C16H14F2NO.2C2H6/c1-20-13-3-4-14-11(8-13)10-19(7-6-17)16-5-2-12(18)9-15(14)16;2*1-2/h2-5,8-10H,6-7H2,1H3;2*1-2H3/q+1;;. The zero-order valence-corrected chi connectivity index (χ0v) is 15.1. The van der Waals surface area contributed by atoms with Crippen LogP contribution in [0.15, 0.2) is 42.6 Å². The molecule has 4 heteroatoms. The van der Waals surface area contributed by atoms with Crippen LogP contribution < -0.4 is 9.30 Å². The zero-order chi connectivity index (χ0) is 18.1. The largest absolute Gasteiger partial charge is 0.497 e. The van der Waals surface area contributed by atoms with Crippen LogP contribution in [0.2, 0.25) is 0 Å². The lowest BCUT2D eigenvalue weighted by Crippen LogP contribution is -2.35. The summed E-state index contributed by atoms with van der Waals surface area (Å²) < 4.78 is 33.2. The zero-order valence-electron chi connectivity index (χ0n) is 15.1. The molecule has 0 saturated heterocycles. The van der Waals surface area contributed by atoms with Gasteiger partial charge < -0.3 is 4.74 Å². The molecular formula is C20H26F2NO+. The van der Waals surface area contributed by atoms with Gasteiger partial charge in [0.15, 0.2) is 12.7 Å². The maximum absolute atomic E-state index is 13.5. The summed E-state index contributed by atoms with van der Waals surface area (Å²) in [5, 5.41) is 2.60. The molecule has 3 aromatic rings. The van der Waals surface area contributed by atoms with Gasteiger partial charge in [0.1, 0.15) is 18.2 Å². The number of halogens is 2. The summed E-state index contributed by atoms with van der Waals surface area (Å²) in [7, 11) is 1.59. The molecule has 0 amide bonds. The summed E-state index contributed by atoms with van der Waals surface area (Å²) in [6, 6.07) is 10.2. The average molecular weight is 334 g/mol. The van der Waals surface area contributed by atoms with E-state index in [2.05, 4.69) is 0 Å². The van der Waals surface area contributed by atoms with E-state index in [0.717, 1.165) is 27.4 Å². The van der Waals surface area contributed by atoms with Crippen molar-refractivity contribution in [1.82, 2.24) is 0 Å². The highest BCUT2D eigenvalue weighted by Gasteiger charge is 2.14. The lowest BCUT2D eigenvalue weighted by Gasteiger charge is -2.06. The van der Waals surface area contributed by atoms with E-state index < -0.39 is 6.67 Å². The van der Waals surface area contributed by atoms with Crippen molar-refractivity contribution < 1.29 is 18.1 Å². The van der Waals surface area contributed by atoms with Crippen LogP contribution in [-0.2, 0) is 6.54 Å². The van der Waals surface area contributed by atoms with Crippen LogP contribution in [0.4, 0.5) is 8.78 Å². The van der Waals surface area contributed by atoms with Crippen LogP contribution >= 0.6 is 0 Å². The van der Waals surface area contributed by atoms with Crippen molar-refractivity contribution in [3.05, 3.63) is 48.4 Å².